The minimum atomic E-state index is -0.484. The predicted octanol–water partition coefficient (Wildman–Crippen LogP) is 4.39. The van der Waals surface area contributed by atoms with E-state index in [0.29, 0.717) is 16.5 Å². The van der Waals surface area contributed by atoms with E-state index >= 15 is 0 Å². The quantitative estimate of drug-likeness (QED) is 0.594. The molecule has 1 aromatic heterocycles. The molecule has 0 spiro atoms. The SMILES string of the molecule is [C-]#[N+]C1=C(C(=O)Nc2ccccc2)Nc2[nH]ncc2C1c1ccccc1Cl. The molecule has 132 valence electrons. The molecule has 2 aromatic carbocycles. The maximum atomic E-state index is 12.9. The smallest absolute Gasteiger partial charge is 0.260 e. The van der Waals surface area contributed by atoms with Gasteiger partial charge in [-0.3, -0.25) is 9.89 Å². The first-order valence-electron chi connectivity index (χ1n) is 8.21. The second kappa shape index (κ2) is 6.98. The van der Waals surface area contributed by atoms with Gasteiger partial charge in [0.1, 0.15) is 11.5 Å². The Morgan fingerprint density at radius 3 is 2.59 bits per heavy atom. The van der Waals surface area contributed by atoms with Crippen molar-refractivity contribution in [3.05, 3.63) is 99.8 Å². The van der Waals surface area contributed by atoms with E-state index in [1.165, 1.54) is 0 Å². The molecule has 0 fully saturated rings. The molecule has 1 atom stereocenters. The van der Waals surface area contributed by atoms with Crippen LogP contribution >= 0.6 is 11.6 Å². The van der Waals surface area contributed by atoms with Crippen LogP contribution in [0.5, 0.6) is 0 Å². The zero-order chi connectivity index (χ0) is 18.8. The lowest BCUT2D eigenvalue weighted by Gasteiger charge is -2.26. The highest BCUT2D eigenvalue weighted by Crippen LogP contribution is 2.43. The fourth-order valence-electron chi connectivity index (χ4n) is 3.13. The summed E-state index contributed by atoms with van der Waals surface area (Å²) in [5, 5.41) is 13.3. The Balaban J connectivity index is 1.81. The van der Waals surface area contributed by atoms with E-state index in [1.54, 1.807) is 24.4 Å². The van der Waals surface area contributed by atoms with Gasteiger partial charge >= 0.3 is 0 Å². The first-order chi connectivity index (χ1) is 13.2. The van der Waals surface area contributed by atoms with Crippen LogP contribution in [-0.2, 0) is 4.79 Å². The second-order valence-electron chi connectivity index (χ2n) is 5.97. The molecule has 3 aromatic rings. The van der Waals surface area contributed by atoms with Gasteiger partial charge in [-0.25, -0.2) is 4.85 Å². The summed E-state index contributed by atoms with van der Waals surface area (Å²) in [5.74, 6) is -0.308. The lowest BCUT2D eigenvalue weighted by Crippen LogP contribution is -2.26. The first kappa shape index (κ1) is 16.9. The van der Waals surface area contributed by atoms with Gasteiger partial charge in [0.05, 0.1) is 18.7 Å². The molecule has 1 aliphatic rings. The Kier molecular flexibility index (Phi) is 4.37. The minimum absolute atomic E-state index is 0.176. The summed E-state index contributed by atoms with van der Waals surface area (Å²) in [7, 11) is 0. The number of nitrogens with zero attached hydrogens (tertiary/aromatic N) is 2. The lowest BCUT2D eigenvalue weighted by molar-refractivity contribution is -0.112. The number of hydrogen-bond donors (Lipinski definition) is 3. The van der Waals surface area contributed by atoms with Crippen molar-refractivity contribution >= 4 is 29.0 Å². The molecule has 0 radical (unpaired) electrons. The number of carbonyl (C=O) groups is 1. The Morgan fingerprint density at radius 1 is 1.11 bits per heavy atom. The molecule has 6 nitrogen and oxygen atoms in total. The molecule has 0 saturated heterocycles. The van der Waals surface area contributed by atoms with Crippen LogP contribution in [0.2, 0.25) is 5.02 Å². The van der Waals surface area contributed by atoms with Crippen molar-refractivity contribution in [1.29, 1.82) is 0 Å². The highest BCUT2D eigenvalue weighted by molar-refractivity contribution is 6.31. The largest absolute Gasteiger partial charge is 0.345 e. The van der Waals surface area contributed by atoms with E-state index in [9.17, 15) is 4.79 Å². The minimum Gasteiger partial charge on any atom is -0.345 e. The predicted molar refractivity (Wildman–Crippen MR) is 104 cm³/mol. The summed E-state index contributed by atoms with van der Waals surface area (Å²) >= 11 is 6.39. The molecule has 3 N–H and O–H groups in total. The molecule has 27 heavy (non-hydrogen) atoms. The van der Waals surface area contributed by atoms with E-state index in [4.69, 9.17) is 18.2 Å². The summed E-state index contributed by atoms with van der Waals surface area (Å²) in [6.45, 7) is 7.72. The third kappa shape index (κ3) is 3.05. The average molecular weight is 376 g/mol. The van der Waals surface area contributed by atoms with E-state index in [1.807, 2.05) is 36.4 Å². The Morgan fingerprint density at radius 2 is 1.85 bits per heavy atom. The monoisotopic (exact) mass is 375 g/mol. The molecule has 1 unspecified atom stereocenters. The number of amides is 1. The molecule has 0 saturated carbocycles. The van der Waals surface area contributed by atoms with Crippen LogP contribution < -0.4 is 10.6 Å². The molecular formula is C20H14ClN5O. The Labute approximate surface area is 160 Å². The summed E-state index contributed by atoms with van der Waals surface area (Å²) in [6.07, 6.45) is 1.65. The number of para-hydroxylation sites is 1. The molecule has 2 heterocycles. The molecule has 7 heteroatoms. The molecule has 0 bridgehead atoms. The number of nitrogens with one attached hydrogen (secondary N) is 3. The van der Waals surface area contributed by atoms with Gasteiger partial charge < -0.3 is 10.6 Å². The van der Waals surface area contributed by atoms with Crippen molar-refractivity contribution in [3.8, 4) is 0 Å². The number of aromatic nitrogens is 2. The number of aromatic amines is 1. The normalized spacial score (nSPS) is 15.5. The van der Waals surface area contributed by atoms with Gasteiger partial charge in [-0.15, -0.1) is 0 Å². The van der Waals surface area contributed by atoms with Crippen LogP contribution in [0.3, 0.4) is 0 Å². The zero-order valence-electron chi connectivity index (χ0n) is 14.0. The molecule has 1 amide bonds. The standard InChI is InChI=1S/C20H14ClN5O/c1-22-17-16(13-9-5-6-10-15(13)21)14-11-23-26-19(14)25-18(17)20(27)24-12-7-3-2-4-8-12/h2-11,16H,(H,24,27)(H2,23,25,26). The van der Waals surface area contributed by atoms with E-state index in [0.717, 1.165) is 11.1 Å². The topological polar surface area (TPSA) is 74.2 Å². The molecule has 4 rings (SSSR count). The number of H-pyrrole nitrogens is 1. The highest BCUT2D eigenvalue weighted by Gasteiger charge is 2.35. The van der Waals surface area contributed by atoms with Crippen LogP contribution in [0.15, 0.2) is 72.2 Å². The van der Waals surface area contributed by atoms with Crippen LogP contribution in [-0.4, -0.2) is 16.1 Å². The summed E-state index contributed by atoms with van der Waals surface area (Å²) in [6, 6.07) is 16.4. The number of fused-ring (bicyclic) bond motifs is 1. The number of anilines is 2. The maximum absolute atomic E-state index is 12.9. The summed E-state index contributed by atoms with van der Waals surface area (Å²) in [5.41, 5.74) is 2.61. The van der Waals surface area contributed by atoms with Crippen LogP contribution in [0.4, 0.5) is 11.5 Å². The number of hydrogen-bond acceptors (Lipinski definition) is 3. The van der Waals surface area contributed by atoms with Gasteiger partial charge in [-0.05, 0) is 23.8 Å². The molecule has 1 aliphatic heterocycles. The van der Waals surface area contributed by atoms with E-state index in [-0.39, 0.29) is 11.4 Å². The third-order valence-corrected chi connectivity index (χ3v) is 4.70. The van der Waals surface area contributed by atoms with Gasteiger partial charge in [0.25, 0.3) is 5.91 Å². The summed E-state index contributed by atoms with van der Waals surface area (Å²) < 4.78 is 0. The van der Waals surface area contributed by atoms with Crippen molar-refractivity contribution in [1.82, 2.24) is 10.2 Å². The first-order valence-corrected chi connectivity index (χ1v) is 8.59. The van der Waals surface area contributed by atoms with Crippen LogP contribution in [0, 0.1) is 6.57 Å². The number of allylic oxidation sites excluding steroid dienone is 1. The molecular weight excluding hydrogens is 362 g/mol. The van der Waals surface area contributed by atoms with Crippen molar-refractivity contribution in [2.24, 2.45) is 0 Å². The van der Waals surface area contributed by atoms with Gasteiger partial charge in [-0.2, -0.15) is 5.10 Å². The third-order valence-electron chi connectivity index (χ3n) is 4.35. The number of benzene rings is 2. The van der Waals surface area contributed by atoms with Crippen molar-refractivity contribution in [2.45, 2.75) is 5.92 Å². The highest BCUT2D eigenvalue weighted by atomic mass is 35.5. The van der Waals surface area contributed by atoms with Gasteiger partial charge in [0, 0.05) is 16.3 Å². The van der Waals surface area contributed by atoms with Gasteiger partial charge in [0.2, 0.25) is 5.70 Å². The van der Waals surface area contributed by atoms with E-state index in [2.05, 4.69) is 25.7 Å². The van der Waals surface area contributed by atoms with Crippen molar-refractivity contribution < 1.29 is 4.79 Å². The van der Waals surface area contributed by atoms with Gasteiger partial charge in [-0.1, -0.05) is 48.0 Å². The fraction of sp³-hybridized carbons (Fsp3) is 0.0500. The second-order valence-corrected chi connectivity index (χ2v) is 6.38. The Bertz CT molecular complexity index is 1080. The van der Waals surface area contributed by atoms with Crippen molar-refractivity contribution in [3.63, 3.8) is 0 Å². The number of carbonyl (C=O) groups excluding carboxylic acids is 1. The van der Waals surface area contributed by atoms with Crippen molar-refractivity contribution in [2.75, 3.05) is 10.6 Å². The number of rotatable bonds is 3. The average Bonchev–Trinajstić information content (AvgIpc) is 3.16. The maximum Gasteiger partial charge on any atom is 0.260 e. The van der Waals surface area contributed by atoms with Crippen LogP contribution in [0.1, 0.15) is 17.0 Å². The Hall–Kier alpha value is -3.56. The van der Waals surface area contributed by atoms with E-state index < -0.39 is 11.8 Å². The fourth-order valence-corrected chi connectivity index (χ4v) is 3.37. The number of halogens is 1. The molecule has 0 aliphatic carbocycles. The zero-order valence-corrected chi connectivity index (χ0v) is 14.8. The van der Waals surface area contributed by atoms with Gasteiger partial charge in [0.15, 0.2) is 0 Å². The summed E-state index contributed by atoms with van der Waals surface area (Å²) in [4.78, 5) is 16.6. The van der Waals surface area contributed by atoms with Crippen LogP contribution in [0.25, 0.3) is 4.85 Å². The lowest BCUT2D eigenvalue weighted by atomic mass is 9.86.